The molecule has 1 aromatic rings. The molecule has 0 aliphatic heterocycles. The molecule has 112 valence electrons. The van der Waals surface area contributed by atoms with Crippen LogP contribution in [0.4, 0.5) is 0 Å². The highest BCUT2D eigenvalue weighted by Crippen LogP contribution is 2.28. The molecular weight excluding hydrogens is 270 g/mol. The summed E-state index contributed by atoms with van der Waals surface area (Å²) >= 11 is 1.70. The molecule has 0 amide bonds. The summed E-state index contributed by atoms with van der Waals surface area (Å²) in [5, 5.41) is 3.50. The third kappa shape index (κ3) is 5.25. The average Bonchev–Trinajstić information content (AvgIpc) is 3.10. The van der Waals surface area contributed by atoms with Crippen LogP contribution in [0.5, 0.6) is 0 Å². The van der Waals surface area contributed by atoms with E-state index < -0.39 is 0 Å². The first-order chi connectivity index (χ1) is 9.78. The molecule has 0 bridgehead atoms. The Bertz CT molecular complexity index is 410. The van der Waals surface area contributed by atoms with E-state index in [1.54, 1.807) is 11.3 Å². The molecular formula is C16H25NO2S. The molecule has 1 aliphatic rings. The monoisotopic (exact) mass is 295 g/mol. The molecule has 0 radical (unpaired) electrons. The molecule has 3 nitrogen and oxygen atoms in total. The van der Waals surface area contributed by atoms with Crippen LogP contribution in [-0.4, -0.2) is 19.6 Å². The van der Waals surface area contributed by atoms with Crippen molar-refractivity contribution in [2.45, 2.75) is 51.5 Å². The van der Waals surface area contributed by atoms with Crippen molar-refractivity contribution in [1.29, 1.82) is 0 Å². The lowest BCUT2D eigenvalue weighted by Crippen LogP contribution is -2.14. The number of carbonyl (C=O) groups is 1. The summed E-state index contributed by atoms with van der Waals surface area (Å²) < 4.78 is 4.68. The van der Waals surface area contributed by atoms with Gasteiger partial charge in [-0.05, 0) is 37.4 Å². The number of ether oxygens (including phenoxy) is 1. The first kappa shape index (κ1) is 15.5. The van der Waals surface area contributed by atoms with E-state index >= 15 is 0 Å². The summed E-state index contributed by atoms with van der Waals surface area (Å²) in [5.74, 6) is 0.827. The fraction of sp³-hybridized carbons (Fsp3) is 0.688. The Kier molecular flexibility index (Phi) is 6.54. The zero-order valence-electron chi connectivity index (χ0n) is 12.3. The van der Waals surface area contributed by atoms with Gasteiger partial charge in [-0.2, -0.15) is 0 Å². The third-order valence-corrected chi connectivity index (χ3v) is 5.09. The van der Waals surface area contributed by atoms with Gasteiger partial charge in [0.25, 0.3) is 0 Å². The zero-order chi connectivity index (χ0) is 14.2. The largest absolute Gasteiger partial charge is 0.469 e. The van der Waals surface area contributed by atoms with E-state index in [4.69, 9.17) is 0 Å². The maximum atomic E-state index is 11.2. The van der Waals surface area contributed by atoms with Gasteiger partial charge in [-0.15, -0.1) is 11.3 Å². The quantitative estimate of drug-likeness (QED) is 0.589. The second-order valence-electron chi connectivity index (χ2n) is 5.59. The number of carbonyl (C=O) groups excluding carboxylic acids is 1. The van der Waals surface area contributed by atoms with Gasteiger partial charge in [0.1, 0.15) is 0 Å². The maximum Gasteiger partial charge on any atom is 0.310 e. The minimum atomic E-state index is -0.164. The number of hydrogen-bond acceptors (Lipinski definition) is 4. The number of thiophene rings is 1. The van der Waals surface area contributed by atoms with E-state index in [2.05, 4.69) is 16.1 Å². The number of esters is 1. The van der Waals surface area contributed by atoms with Gasteiger partial charge in [0, 0.05) is 16.3 Å². The van der Waals surface area contributed by atoms with Crippen LogP contribution in [0.15, 0.2) is 12.1 Å². The second-order valence-corrected chi connectivity index (χ2v) is 6.84. The van der Waals surface area contributed by atoms with Crippen molar-refractivity contribution in [3.05, 3.63) is 21.9 Å². The van der Waals surface area contributed by atoms with E-state index in [0.717, 1.165) is 23.9 Å². The van der Waals surface area contributed by atoms with Crippen molar-refractivity contribution in [3.8, 4) is 0 Å². The Hall–Kier alpha value is -0.870. The van der Waals surface area contributed by atoms with Crippen LogP contribution in [0.25, 0.3) is 0 Å². The average molecular weight is 295 g/mol. The molecule has 1 aromatic heterocycles. The number of hydrogen-bond donors (Lipinski definition) is 1. The van der Waals surface area contributed by atoms with E-state index in [-0.39, 0.29) is 5.97 Å². The molecule has 1 saturated carbocycles. The van der Waals surface area contributed by atoms with Gasteiger partial charge >= 0.3 is 5.97 Å². The van der Waals surface area contributed by atoms with Gasteiger partial charge < -0.3 is 10.1 Å². The Morgan fingerprint density at radius 1 is 1.35 bits per heavy atom. The van der Waals surface area contributed by atoms with Gasteiger partial charge in [-0.25, -0.2) is 0 Å². The molecule has 0 aromatic carbocycles. The van der Waals surface area contributed by atoms with Crippen LogP contribution in [0, 0.1) is 5.92 Å². The fourth-order valence-corrected chi connectivity index (χ4v) is 3.83. The van der Waals surface area contributed by atoms with Crippen LogP contribution in [0.3, 0.4) is 0 Å². The van der Waals surface area contributed by atoms with Gasteiger partial charge in [-0.3, -0.25) is 4.79 Å². The van der Waals surface area contributed by atoms with Crippen LogP contribution in [0.1, 0.15) is 48.3 Å². The minimum absolute atomic E-state index is 0.164. The van der Waals surface area contributed by atoms with Crippen molar-refractivity contribution in [2.24, 2.45) is 5.92 Å². The highest BCUT2D eigenvalue weighted by Gasteiger charge is 2.13. The molecule has 1 aliphatic carbocycles. The van der Waals surface area contributed by atoms with Crippen LogP contribution >= 0.6 is 11.3 Å². The molecule has 1 fully saturated rings. The molecule has 20 heavy (non-hydrogen) atoms. The topological polar surface area (TPSA) is 38.3 Å². The second kappa shape index (κ2) is 8.42. The Morgan fingerprint density at radius 2 is 2.10 bits per heavy atom. The Morgan fingerprint density at radius 3 is 2.85 bits per heavy atom. The number of nitrogens with one attached hydrogen (secondary N) is 1. The summed E-state index contributed by atoms with van der Waals surface area (Å²) in [6, 6.07) is 4.13. The summed E-state index contributed by atoms with van der Waals surface area (Å²) in [6.07, 6.45) is 8.83. The van der Waals surface area contributed by atoms with Crippen molar-refractivity contribution in [2.75, 3.05) is 13.7 Å². The van der Waals surface area contributed by atoms with Gasteiger partial charge in [-0.1, -0.05) is 25.7 Å². The zero-order valence-corrected chi connectivity index (χ0v) is 13.1. The summed E-state index contributed by atoms with van der Waals surface area (Å²) in [6.45, 7) is 2.01. The molecule has 0 unspecified atom stereocenters. The molecule has 1 N–H and O–H groups in total. The van der Waals surface area contributed by atoms with E-state index in [9.17, 15) is 4.79 Å². The smallest absolute Gasteiger partial charge is 0.310 e. The molecule has 2 rings (SSSR count). The highest BCUT2D eigenvalue weighted by atomic mass is 32.1. The molecule has 0 saturated heterocycles. The number of rotatable bonds is 8. The van der Waals surface area contributed by atoms with E-state index in [1.165, 1.54) is 50.5 Å². The molecule has 1 heterocycles. The minimum Gasteiger partial charge on any atom is -0.469 e. The standard InChI is InChI=1S/C16H25NO2S/c1-19-16(18)11-14-8-9-15(20-14)12-17-10-4-7-13-5-2-3-6-13/h8-9,13,17H,2-7,10-12H2,1H3. The first-order valence-corrected chi connectivity index (χ1v) is 8.44. The van der Waals surface area contributed by atoms with Crippen molar-refractivity contribution < 1.29 is 9.53 Å². The van der Waals surface area contributed by atoms with Crippen molar-refractivity contribution >= 4 is 17.3 Å². The summed E-state index contributed by atoms with van der Waals surface area (Å²) in [4.78, 5) is 13.6. The predicted octanol–water partition coefficient (Wildman–Crippen LogP) is 3.52. The van der Waals surface area contributed by atoms with Gasteiger partial charge in [0.15, 0.2) is 0 Å². The lowest BCUT2D eigenvalue weighted by atomic mass is 10.0. The van der Waals surface area contributed by atoms with Crippen LogP contribution < -0.4 is 5.32 Å². The summed E-state index contributed by atoms with van der Waals surface area (Å²) in [5.41, 5.74) is 0. The van der Waals surface area contributed by atoms with Crippen molar-refractivity contribution in [3.63, 3.8) is 0 Å². The van der Waals surface area contributed by atoms with E-state index in [0.29, 0.717) is 6.42 Å². The van der Waals surface area contributed by atoms with E-state index in [1.807, 2.05) is 6.07 Å². The fourth-order valence-electron chi connectivity index (χ4n) is 2.85. The van der Waals surface area contributed by atoms with Gasteiger partial charge in [0.05, 0.1) is 13.5 Å². The van der Waals surface area contributed by atoms with Crippen LogP contribution in [-0.2, 0) is 22.5 Å². The van der Waals surface area contributed by atoms with Crippen molar-refractivity contribution in [1.82, 2.24) is 5.32 Å². The maximum absolute atomic E-state index is 11.2. The third-order valence-electron chi connectivity index (χ3n) is 4.00. The first-order valence-electron chi connectivity index (χ1n) is 7.63. The van der Waals surface area contributed by atoms with Crippen LogP contribution in [0.2, 0.25) is 0 Å². The normalized spacial score (nSPS) is 15.7. The van der Waals surface area contributed by atoms with Gasteiger partial charge in [0.2, 0.25) is 0 Å². The lowest BCUT2D eigenvalue weighted by molar-refractivity contribution is -0.139. The molecule has 0 spiro atoms. The highest BCUT2D eigenvalue weighted by molar-refractivity contribution is 7.12. The SMILES string of the molecule is COC(=O)Cc1ccc(CNCCCC2CCCC2)s1. The molecule has 4 heteroatoms. The predicted molar refractivity (Wildman–Crippen MR) is 82.9 cm³/mol. The Balaban J connectivity index is 1.58. The molecule has 0 atom stereocenters. The Labute approximate surface area is 125 Å². The number of methoxy groups -OCH3 is 1. The lowest BCUT2D eigenvalue weighted by Gasteiger charge is -2.08. The summed E-state index contributed by atoms with van der Waals surface area (Å²) in [7, 11) is 1.43.